The van der Waals surface area contributed by atoms with Gasteiger partial charge in [-0.2, -0.15) is 0 Å². The molecule has 0 bridgehead atoms. The third kappa shape index (κ3) is 3.71. The van der Waals surface area contributed by atoms with E-state index in [9.17, 15) is 4.79 Å². The Morgan fingerprint density at radius 2 is 1.78 bits per heavy atom. The van der Waals surface area contributed by atoms with E-state index in [1.54, 1.807) is 0 Å². The molecule has 0 aliphatic carbocycles. The number of carbonyl (C=O) groups excluding carboxylic acids is 1. The molecule has 0 saturated carbocycles. The number of hydrogen-bond acceptors (Lipinski definition) is 2. The number of amides is 1. The fourth-order valence-electron chi connectivity index (χ4n) is 4.96. The van der Waals surface area contributed by atoms with Gasteiger partial charge in [0.25, 0.3) is 11.7 Å². The minimum Gasteiger partial charge on any atom is -0.341 e. The van der Waals surface area contributed by atoms with Gasteiger partial charge in [-0.1, -0.05) is 24.3 Å². The molecule has 1 fully saturated rings. The lowest BCUT2D eigenvalue weighted by Crippen LogP contribution is -3.19. The maximum atomic E-state index is 13.1. The highest BCUT2D eigenvalue weighted by Gasteiger charge is 2.32. The number of fused-ring (bicyclic) bond motifs is 3. The average Bonchev–Trinajstić information content (AvgIpc) is 3.17. The Morgan fingerprint density at radius 1 is 1.03 bits per heavy atom. The molecule has 2 aromatic carbocycles. The van der Waals surface area contributed by atoms with Crippen LogP contribution in [0.5, 0.6) is 0 Å². The van der Waals surface area contributed by atoms with E-state index in [0.717, 1.165) is 44.2 Å². The number of para-hydroxylation sites is 1. The molecule has 2 aromatic heterocycles. The molecule has 6 nitrogen and oxygen atoms in total. The van der Waals surface area contributed by atoms with Crippen molar-refractivity contribution in [2.75, 3.05) is 36.4 Å². The number of benzene rings is 2. The second kappa shape index (κ2) is 8.63. The molecular formula is C26H31N5O+2. The molecule has 4 aromatic rings. The molecule has 1 aliphatic rings. The van der Waals surface area contributed by atoms with Gasteiger partial charge in [-0.15, -0.1) is 0 Å². The normalized spacial score (nSPS) is 15.9. The molecule has 164 valence electrons. The maximum Gasteiger partial charge on any atom is 0.282 e. The maximum absolute atomic E-state index is 13.1. The number of quaternary nitrogens is 1. The molecule has 0 unspecified atom stereocenters. The predicted molar refractivity (Wildman–Crippen MR) is 129 cm³/mol. The van der Waals surface area contributed by atoms with Gasteiger partial charge in [0.05, 0.1) is 6.20 Å². The number of piperazine rings is 1. The monoisotopic (exact) mass is 429 g/mol. The van der Waals surface area contributed by atoms with E-state index in [2.05, 4.69) is 75.2 Å². The van der Waals surface area contributed by atoms with E-state index < -0.39 is 0 Å². The molecule has 1 atom stereocenters. The highest BCUT2D eigenvalue weighted by molar-refractivity contribution is 6.09. The van der Waals surface area contributed by atoms with E-state index in [1.807, 2.05) is 25.3 Å². The lowest BCUT2D eigenvalue weighted by molar-refractivity contribution is -0.914. The third-order valence-electron chi connectivity index (χ3n) is 6.80. The van der Waals surface area contributed by atoms with Crippen LogP contribution in [0.4, 0.5) is 11.5 Å². The predicted octanol–water partition coefficient (Wildman–Crippen LogP) is 2.36. The highest BCUT2D eigenvalue weighted by atomic mass is 16.2. The van der Waals surface area contributed by atoms with Crippen molar-refractivity contribution in [3.05, 3.63) is 66.9 Å². The van der Waals surface area contributed by atoms with Gasteiger partial charge in [-0.3, -0.25) is 9.69 Å². The fourth-order valence-corrected chi connectivity index (χ4v) is 4.96. The van der Waals surface area contributed by atoms with E-state index >= 15 is 0 Å². The minimum atomic E-state index is -0.0930. The Morgan fingerprint density at radius 3 is 2.53 bits per heavy atom. The first kappa shape index (κ1) is 20.5. The van der Waals surface area contributed by atoms with Gasteiger partial charge in [-0.05, 0) is 44.2 Å². The third-order valence-corrected chi connectivity index (χ3v) is 6.80. The molecule has 1 amide bonds. The summed E-state index contributed by atoms with van der Waals surface area (Å²) in [6.07, 6.45) is 1.96. The minimum absolute atomic E-state index is 0.0818. The summed E-state index contributed by atoms with van der Waals surface area (Å²) in [5.41, 5.74) is 3.31. The first-order chi connectivity index (χ1) is 15.7. The molecule has 0 radical (unpaired) electrons. The van der Waals surface area contributed by atoms with Crippen molar-refractivity contribution >= 4 is 39.2 Å². The number of aryl methyl sites for hydroxylation is 1. The Hall–Kier alpha value is -3.38. The van der Waals surface area contributed by atoms with E-state index in [0.29, 0.717) is 0 Å². The zero-order valence-corrected chi connectivity index (χ0v) is 18.8. The number of pyridine rings is 1. The largest absolute Gasteiger partial charge is 0.341 e. The van der Waals surface area contributed by atoms with Gasteiger partial charge in [-0.25, -0.2) is 4.98 Å². The van der Waals surface area contributed by atoms with Gasteiger partial charge in [0.15, 0.2) is 6.04 Å². The fraction of sp³-hybridized carbons (Fsp3) is 0.308. The lowest BCUT2D eigenvalue weighted by Gasteiger charge is -2.31. The summed E-state index contributed by atoms with van der Waals surface area (Å²) in [6.45, 7) is 8.90. The molecule has 32 heavy (non-hydrogen) atoms. The van der Waals surface area contributed by atoms with Crippen LogP contribution in [0.1, 0.15) is 13.8 Å². The number of nitrogens with zero attached hydrogens (tertiary/aromatic N) is 2. The van der Waals surface area contributed by atoms with Gasteiger partial charge < -0.3 is 14.8 Å². The second-order valence-corrected chi connectivity index (χ2v) is 8.60. The van der Waals surface area contributed by atoms with Crippen LogP contribution < -0.4 is 20.1 Å². The van der Waals surface area contributed by atoms with Gasteiger partial charge in [0.1, 0.15) is 26.2 Å². The van der Waals surface area contributed by atoms with E-state index in [4.69, 9.17) is 0 Å². The van der Waals surface area contributed by atoms with Gasteiger partial charge in [0.2, 0.25) is 0 Å². The quantitative estimate of drug-likeness (QED) is 0.512. The summed E-state index contributed by atoms with van der Waals surface area (Å²) in [5.74, 6) is 1.22. The average molecular weight is 430 g/mol. The number of anilines is 2. The standard InChI is InChI=1S/C26H29N5O/c1-3-31-23-9-5-4-8-21(23)22-18-20(11-12-24(22)31)28-26(32)19(2)29-14-16-30(17-15-29)25-10-6-7-13-27-25/h4-13,18-19H,3,14-17H2,1-2H3,(H,28,32)/p+2/t19-/m1/s1. The Kier molecular flexibility index (Phi) is 5.53. The SMILES string of the molecule is CCn1c2ccccc2c2cc(NC(=O)[C@@H](C)[NH+]3CCN(c4cccc[nH+]4)CC3)ccc21. The van der Waals surface area contributed by atoms with Crippen LogP contribution >= 0.6 is 0 Å². The number of carbonyl (C=O) groups is 1. The molecule has 6 heteroatoms. The summed E-state index contributed by atoms with van der Waals surface area (Å²) in [4.78, 5) is 20.1. The lowest BCUT2D eigenvalue weighted by atomic mass is 10.1. The Balaban J connectivity index is 1.29. The zero-order valence-electron chi connectivity index (χ0n) is 18.8. The van der Waals surface area contributed by atoms with Crippen LogP contribution in [0.15, 0.2) is 66.9 Å². The van der Waals surface area contributed by atoms with Crippen molar-refractivity contribution in [1.82, 2.24) is 4.57 Å². The number of aromatic nitrogens is 2. The summed E-state index contributed by atoms with van der Waals surface area (Å²) in [7, 11) is 0. The number of aromatic amines is 1. The molecule has 3 N–H and O–H groups in total. The van der Waals surface area contributed by atoms with Gasteiger partial charge in [0, 0.05) is 40.1 Å². The molecule has 3 heterocycles. The summed E-state index contributed by atoms with van der Waals surface area (Å²) in [6, 6.07) is 20.8. The number of H-pyrrole nitrogens is 1. The van der Waals surface area contributed by atoms with Gasteiger partial charge >= 0.3 is 0 Å². The molecule has 5 rings (SSSR count). The van der Waals surface area contributed by atoms with E-state index in [1.165, 1.54) is 26.7 Å². The number of rotatable bonds is 5. The Bertz CT molecular complexity index is 1240. The second-order valence-electron chi connectivity index (χ2n) is 8.60. The van der Waals surface area contributed by atoms with Crippen molar-refractivity contribution in [1.29, 1.82) is 0 Å². The van der Waals surface area contributed by atoms with Crippen LogP contribution in [-0.4, -0.2) is 42.7 Å². The molecule has 0 spiro atoms. The molecular weight excluding hydrogens is 398 g/mol. The summed E-state index contributed by atoms with van der Waals surface area (Å²) >= 11 is 0. The highest BCUT2D eigenvalue weighted by Crippen LogP contribution is 2.30. The summed E-state index contributed by atoms with van der Waals surface area (Å²) in [5, 5.41) is 5.59. The van der Waals surface area contributed by atoms with Crippen LogP contribution in [0.25, 0.3) is 21.8 Å². The first-order valence-corrected chi connectivity index (χ1v) is 11.5. The van der Waals surface area contributed by atoms with Crippen molar-refractivity contribution < 1.29 is 14.7 Å². The molecule has 1 aliphatic heterocycles. The topological polar surface area (TPSA) is 55.9 Å². The Labute approximate surface area is 188 Å². The van der Waals surface area contributed by atoms with Crippen molar-refractivity contribution in [2.45, 2.75) is 26.4 Å². The zero-order chi connectivity index (χ0) is 22.1. The summed E-state index contributed by atoms with van der Waals surface area (Å²) < 4.78 is 2.33. The van der Waals surface area contributed by atoms with Crippen LogP contribution in [0.3, 0.4) is 0 Å². The molecule has 1 saturated heterocycles. The van der Waals surface area contributed by atoms with Crippen molar-refractivity contribution in [3.8, 4) is 0 Å². The van der Waals surface area contributed by atoms with E-state index in [-0.39, 0.29) is 11.9 Å². The number of hydrogen-bond donors (Lipinski definition) is 2. The van der Waals surface area contributed by atoms with Crippen LogP contribution in [0, 0.1) is 0 Å². The van der Waals surface area contributed by atoms with Crippen LogP contribution in [-0.2, 0) is 11.3 Å². The smallest absolute Gasteiger partial charge is 0.282 e. The number of nitrogens with one attached hydrogen (secondary N) is 3. The van der Waals surface area contributed by atoms with Crippen molar-refractivity contribution in [2.24, 2.45) is 0 Å². The van der Waals surface area contributed by atoms with Crippen LogP contribution in [0.2, 0.25) is 0 Å². The van der Waals surface area contributed by atoms with Crippen molar-refractivity contribution in [3.63, 3.8) is 0 Å². The first-order valence-electron chi connectivity index (χ1n) is 11.5.